The van der Waals surface area contributed by atoms with Crippen LogP contribution in [-0.2, 0) is 4.79 Å². The number of thioether (sulfide) groups is 1. The number of halogens is 1. The molecule has 21 heavy (non-hydrogen) atoms. The second-order valence-corrected chi connectivity index (χ2v) is 5.39. The van der Waals surface area contributed by atoms with E-state index in [4.69, 9.17) is 5.11 Å². The van der Waals surface area contributed by atoms with Crippen molar-refractivity contribution >= 4 is 17.7 Å². The number of aromatic nitrogens is 1. The smallest absolute Gasteiger partial charge is 0.377 e. The molecule has 6 heteroatoms. The molecule has 0 amide bonds. The first kappa shape index (κ1) is 20.1. The van der Waals surface area contributed by atoms with Gasteiger partial charge in [0.2, 0.25) is 0 Å². The molecule has 1 aromatic rings. The first-order chi connectivity index (χ1) is 9.69. The Balaban J connectivity index is 0.000000480. The molecule has 1 aromatic heterocycles. The van der Waals surface area contributed by atoms with Crippen molar-refractivity contribution in [2.75, 3.05) is 19.3 Å². The molecule has 1 fully saturated rings. The molecule has 1 saturated heterocycles. The van der Waals surface area contributed by atoms with Crippen molar-refractivity contribution in [1.29, 1.82) is 0 Å². The predicted octanol–water partition coefficient (Wildman–Crippen LogP) is -0.728. The molecule has 1 unspecified atom stereocenters. The number of nitrogens with zero attached hydrogens (tertiary/aromatic N) is 1. The zero-order valence-electron chi connectivity index (χ0n) is 12.3. The standard InChI is InChI=1S/C10H11NO2S.C5H11N.BrH/c1-3-9(10(12)13)11-6-4-8(14-2)5-7-11;1-2-4-6-5-3-1;/h3-7,9H,1H2,2H3;6H,1-5H2;1H. The fraction of sp³-hybridized carbons (Fsp3) is 0.467. The highest BCUT2D eigenvalue weighted by atomic mass is 79.9. The normalized spacial score (nSPS) is 14.9. The molecule has 1 aliphatic rings. The minimum absolute atomic E-state index is 0. The van der Waals surface area contributed by atoms with Crippen LogP contribution in [0, 0.1) is 0 Å². The van der Waals surface area contributed by atoms with Gasteiger partial charge in [0.15, 0.2) is 12.4 Å². The van der Waals surface area contributed by atoms with E-state index < -0.39 is 12.0 Å². The van der Waals surface area contributed by atoms with Crippen molar-refractivity contribution in [3.05, 3.63) is 37.2 Å². The lowest BCUT2D eigenvalue weighted by atomic mass is 10.2. The highest BCUT2D eigenvalue weighted by Crippen LogP contribution is 2.11. The lowest BCUT2D eigenvalue weighted by Gasteiger charge is -2.08. The first-order valence-corrected chi connectivity index (χ1v) is 8.02. The van der Waals surface area contributed by atoms with Crippen LogP contribution in [0.1, 0.15) is 25.3 Å². The Kier molecular flexibility index (Phi) is 11.3. The molecular weight excluding hydrogens is 352 g/mol. The SMILES string of the molecule is C1CCNCC1.C=CC(C(=O)O)[n+]1ccc(SC)cc1.[Br-]. The monoisotopic (exact) mass is 374 g/mol. The summed E-state index contributed by atoms with van der Waals surface area (Å²) in [5.74, 6) is -0.901. The highest BCUT2D eigenvalue weighted by Gasteiger charge is 2.22. The van der Waals surface area contributed by atoms with Crippen LogP contribution >= 0.6 is 11.8 Å². The van der Waals surface area contributed by atoms with Gasteiger partial charge in [0.05, 0.1) is 0 Å². The molecule has 118 valence electrons. The molecule has 1 atom stereocenters. The predicted molar refractivity (Wildman–Crippen MR) is 82.0 cm³/mol. The van der Waals surface area contributed by atoms with E-state index in [2.05, 4.69) is 11.9 Å². The summed E-state index contributed by atoms with van der Waals surface area (Å²) in [6.07, 6.45) is 11.1. The summed E-state index contributed by atoms with van der Waals surface area (Å²) in [5, 5.41) is 12.1. The van der Waals surface area contributed by atoms with E-state index in [1.807, 2.05) is 18.4 Å². The molecular formula is C15H23BrN2O2S. The molecule has 0 aliphatic carbocycles. The number of hydrogen-bond donors (Lipinski definition) is 2. The number of piperidine rings is 1. The quantitative estimate of drug-likeness (QED) is 0.414. The second kappa shape index (κ2) is 11.8. The van der Waals surface area contributed by atoms with Crippen LogP contribution in [0.2, 0.25) is 0 Å². The van der Waals surface area contributed by atoms with Crippen molar-refractivity contribution < 1.29 is 31.4 Å². The number of rotatable bonds is 4. The van der Waals surface area contributed by atoms with E-state index in [1.54, 1.807) is 28.7 Å². The van der Waals surface area contributed by atoms with Gasteiger partial charge in [-0.1, -0.05) is 13.0 Å². The third kappa shape index (κ3) is 7.64. The van der Waals surface area contributed by atoms with Gasteiger partial charge in [-0.05, 0) is 38.3 Å². The Bertz CT molecular complexity index is 411. The number of nitrogens with one attached hydrogen (secondary N) is 1. The Hall–Kier alpha value is -0.850. The summed E-state index contributed by atoms with van der Waals surface area (Å²) in [6.45, 7) is 5.99. The molecule has 0 bridgehead atoms. The van der Waals surface area contributed by atoms with E-state index in [0.29, 0.717) is 0 Å². The molecule has 1 aliphatic heterocycles. The highest BCUT2D eigenvalue weighted by molar-refractivity contribution is 7.98. The number of carbonyl (C=O) groups is 1. The average molecular weight is 375 g/mol. The molecule has 4 nitrogen and oxygen atoms in total. The van der Waals surface area contributed by atoms with Crippen LogP contribution in [0.25, 0.3) is 0 Å². The third-order valence-electron chi connectivity index (χ3n) is 3.06. The van der Waals surface area contributed by atoms with Gasteiger partial charge in [-0.3, -0.25) is 0 Å². The first-order valence-electron chi connectivity index (χ1n) is 6.80. The number of carboxylic acid groups (broad SMARTS) is 1. The fourth-order valence-electron chi connectivity index (χ4n) is 1.90. The molecule has 2 rings (SSSR count). The van der Waals surface area contributed by atoms with Crippen molar-refractivity contribution in [1.82, 2.24) is 5.32 Å². The zero-order chi connectivity index (χ0) is 14.8. The Morgan fingerprint density at radius 3 is 2.24 bits per heavy atom. The third-order valence-corrected chi connectivity index (χ3v) is 3.81. The average Bonchev–Trinajstić information content (AvgIpc) is 2.51. The van der Waals surface area contributed by atoms with Crippen LogP contribution in [0.3, 0.4) is 0 Å². The van der Waals surface area contributed by atoms with Gasteiger partial charge >= 0.3 is 5.97 Å². The van der Waals surface area contributed by atoms with Crippen molar-refractivity contribution in [2.45, 2.75) is 30.2 Å². The molecule has 0 saturated carbocycles. The maximum Gasteiger partial charge on any atom is 0.377 e. The largest absolute Gasteiger partial charge is 1.00 e. The second-order valence-electron chi connectivity index (χ2n) is 4.51. The Morgan fingerprint density at radius 2 is 1.95 bits per heavy atom. The van der Waals surface area contributed by atoms with Crippen molar-refractivity contribution in [3.63, 3.8) is 0 Å². The summed E-state index contributed by atoms with van der Waals surface area (Å²) in [5.41, 5.74) is 0. The summed E-state index contributed by atoms with van der Waals surface area (Å²) in [6, 6.07) is 3.07. The van der Waals surface area contributed by atoms with E-state index in [1.165, 1.54) is 38.4 Å². The van der Waals surface area contributed by atoms with Gasteiger partial charge in [-0.25, -0.2) is 4.79 Å². The van der Waals surface area contributed by atoms with Gasteiger partial charge in [-0.2, -0.15) is 4.57 Å². The van der Waals surface area contributed by atoms with Gasteiger partial charge in [0, 0.05) is 17.0 Å². The van der Waals surface area contributed by atoms with E-state index >= 15 is 0 Å². The van der Waals surface area contributed by atoms with E-state index in [0.717, 1.165) is 4.90 Å². The topological polar surface area (TPSA) is 53.2 Å². The fourth-order valence-corrected chi connectivity index (χ4v) is 2.29. The lowest BCUT2D eigenvalue weighted by Crippen LogP contribution is -3.00. The maximum absolute atomic E-state index is 10.8. The Labute approximate surface area is 141 Å². The number of carboxylic acids is 1. The molecule has 2 heterocycles. The Morgan fingerprint density at radius 1 is 1.38 bits per heavy atom. The van der Waals surface area contributed by atoms with Gasteiger partial charge in [-0.15, -0.1) is 11.8 Å². The lowest BCUT2D eigenvalue weighted by molar-refractivity contribution is -0.700. The van der Waals surface area contributed by atoms with E-state index in [9.17, 15) is 4.79 Å². The molecule has 0 aromatic carbocycles. The summed E-state index contributed by atoms with van der Waals surface area (Å²) in [4.78, 5) is 11.9. The summed E-state index contributed by atoms with van der Waals surface area (Å²) >= 11 is 1.62. The molecule has 0 radical (unpaired) electrons. The minimum atomic E-state index is -0.901. The van der Waals surface area contributed by atoms with Gasteiger partial charge in [0.1, 0.15) is 0 Å². The van der Waals surface area contributed by atoms with E-state index in [-0.39, 0.29) is 17.0 Å². The van der Waals surface area contributed by atoms with Crippen molar-refractivity contribution in [2.24, 2.45) is 0 Å². The van der Waals surface area contributed by atoms with Crippen LogP contribution < -0.4 is 26.9 Å². The van der Waals surface area contributed by atoms with Gasteiger partial charge in [0.25, 0.3) is 6.04 Å². The summed E-state index contributed by atoms with van der Waals surface area (Å²) < 4.78 is 1.61. The molecule has 2 N–H and O–H groups in total. The zero-order valence-corrected chi connectivity index (χ0v) is 14.7. The summed E-state index contributed by atoms with van der Waals surface area (Å²) in [7, 11) is 0. The van der Waals surface area contributed by atoms with Crippen LogP contribution in [0.5, 0.6) is 0 Å². The number of hydrogen-bond acceptors (Lipinski definition) is 3. The van der Waals surface area contributed by atoms with Crippen LogP contribution in [0.4, 0.5) is 0 Å². The van der Waals surface area contributed by atoms with Gasteiger partial charge < -0.3 is 27.4 Å². The minimum Gasteiger partial charge on any atom is -1.00 e. The number of aliphatic carboxylic acids is 1. The maximum atomic E-state index is 10.8. The van der Waals surface area contributed by atoms with Crippen LogP contribution in [0.15, 0.2) is 42.1 Å². The van der Waals surface area contributed by atoms with Crippen LogP contribution in [-0.4, -0.2) is 30.4 Å². The molecule has 0 spiro atoms. The van der Waals surface area contributed by atoms with Crippen molar-refractivity contribution in [3.8, 4) is 0 Å². The number of pyridine rings is 1.